The third-order valence-corrected chi connectivity index (χ3v) is 6.89. The van der Waals surface area contributed by atoms with Crippen molar-refractivity contribution in [3.8, 4) is 5.75 Å². The average molecular weight is 556 g/mol. The zero-order valence-corrected chi connectivity index (χ0v) is 20.9. The van der Waals surface area contributed by atoms with E-state index in [4.69, 9.17) is 32.7 Å². The molecule has 7 nitrogen and oxygen atoms in total. The third kappa shape index (κ3) is 4.44. The highest BCUT2D eigenvalue weighted by atomic mass is 79.9. The van der Waals surface area contributed by atoms with Gasteiger partial charge in [0.2, 0.25) is 0 Å². The van der Waals surface area contributed by atoms with Gasteiger partial charge in [0.25, 0.3) is 5.91 Å². The van der Waals surface area contributed by atoms with Crippen LogP contribution in [-0.4, -0.2) is 48.1 Å². The number of hydrogen-bond acceptors (Lipinski definition) is 5. The van der Waals surface area contributed by atoms with Crippen molar-refractivity contribution >= 4 is 62.7 Å². The van der Waals surface area contributed by atoms with Gasteiger partial charge < -0.3 is 14.4 Å². The summed E-state index contributed by atoms with van der Waals surface area (Å²) in [6, 6.07) is 10.2. The Balaban J connectivity index is 1.62. The number of imide groups is 1. The lowest BCUT2D eigenvalue weighted by Gasteiger charge is -2.28. The number of ether oxygens (including phenoxy) is 2. The minimum absolute atomic E-state index is 0.0800. The quantitative estimate of drug-likeness (QED) is 0.345. The van der Waals surface area contributed by atoms with Crippen molar-refractivity contribution in [2.24, 2.45) is 0 Å². The maximum Gasteiger partial charge on any atom is 0.344 e. The number of hydrogen-bond donors (Lipinski definition) is 0. The minimum Gasteiger partial charge on any atom is -0.479 e. The molecule has 2 saturated heterocycles. The van der Waals surface area contributed by atoms with E-state index >= 15 is 0 Å². The molecule has 33 heavy (non-hydrogen) atoms. The Morgan fingerprint density at radius 1 is 1.15 bits per heavy atom. The first-order valence-electron chi connectivity index (χ1n) is 10.4. The van der Waals surface area contributed by atoms with Crippen molar-refractivity contribution in [1.82, 2.24) is 4.90 Å². The van der Waals surface area contributed by atoms with Gasteiger partial charge in [-0.25, -0.2) is 14.5 Å². The molecule has 2 aliphatic rings. The lowest BCUT2D eigenvalue weighted by atomic mass is 9.88. The zero-order chi connectivity index (χ0) is 23.8. The van der Waals surface area contributed by atoms with Gasteiger partial charge in [0.1, 0.15) is 5.54 Å². The molecule has 0 aromatic heterocycles. The molecule has 1 unspecified atom stereocenters. The number of urea groups is 1. The monoisotopic (exact) mass is 554 g/mol. The van der Waals surface area contributed by atoms with Crippen LogP contribution in [0.2, 0.25) is 10.0 Å². The lowest BCUT2D eigenvalue weighted by Crippen LogP contribution is -2.47. The predicted octanol–water partition coefficient (Wildman–Crippen LogP) is 5.24. The smallest absolute Gasteiger partial charge is 0.344 e. The Morgan fingerprint density at radius 2 is 1.82 bits per heavy atom. The molecule has 3 amide bonds. The van der Waals surface area contributed by atoms with Crippen LogP contribution in [0.3, 0.4) is 0 Å². The molecule has 2 aliphatic heterocycles. The van der Waals surface area contributed by atoms with Crippen molar-refractivity contribution in [3.05, 3.63) is 56.5 Å². The van der Waals surface area contributed by atoms with Gasteiger partial charge in [-0.15, -0.1) is 0 Å². The molecular formula is C23H21BrCl2N2O5. The highest BCUT2D eigenvalue weighted by molar-refractivity contribution is 9.10. The summed E-state index contributed by atoms with van der Waals surface area (Å²) in [5, 5.41) is 0.160. The molecule has 0 aliphatic carbocycles. The second-order valence-corrected chi connectivity index (χ2v) is 9.58. The second kappa shape index (κ2) is 9.52. The van der Waals surface area contributed by atoms with E-state index in [0.29, 0.717) is 19.4 Å². The van der Waals surface area contributed by atoms with E-state index in [0.717, 1.165) is 21.4 Å². The fourth-order valence-corrected chi connectivity index (χ4v) is 5.22. The number of esters is 1. The Labute approximate surface area is 209 Å². The zero-order valence-electron chi connectivity index (χ0n) is 17.8. The van der Waals surface area contributed by atoms with E-state index in [-0.39, 0.29) is 40.6 Å². The van der Waals surface area contributed by atoms with Crippen LogP contribution in [0.25, 0.3) is 0 Å². The standard InChI is InChI=1S/C23H21BrCl2N2O5/c1-2-32-19(29)13-33-20-17(25)10-16(11-18(20)26)28-21(30)23(8-3-9-27(23)22(28)31)12-14-4-6-15(24)7-5-14/h4-7,10-11H,2-3,8-9,12-13H2,1H3. The van der Waals surface area contributed by atoms with Crippen LogP contribution in [0.5, 0.6) is 5.75 Å². The van der Waals surface area contributed by atoms with Gasteiger partial charge in [-0.1, -0.05) is 51.3 Å². The van der Waals surface area contributed by atoms with Crippen LogP contribution in [0.1, 0.15) is 25.3 Å². The summed E-state index contributed by atoms with van der Waals surface area (Å²) in [7, 11) is 0. The number of rotatable bonds is 7. The van der Waals surface area contributed by atoms with E-state index in [1.807, 2.05) is 24.3 Å². The first kappa shape index (κ1) is 23.9. The summed E-state index contributed by atoms with van der Waals surface area (Å²) >= 11 is 16.1. The number of nitrogens with zero attached hydrogens (tertiary/aromatic N) is 2. The normalized spacial score (nSPS) is 19.8. The third-order valence-electron chi connectivity index (χ3n) is 5.80. The van der Waals surface area contributed by atoms with Crippen LogP contribution in [0, 0.1) is 0 Å². The molecule has 0 radical (unpaired) electrons. The number of benzene rings is 2. The number of anilines is 1. The topological polar surface area (TPSA) is 76.2 Å². The molecule has 2 fully saturated rings. The predicted molar refractivity (Wildman–Crippen MR) is 128 cm³/mol. The molecule has 0 spiro atoms. The summed E-state index contributed by atoms with van der Waals surface area (Å²) in [6.07, 6.45) is 1.75. The molecule has 2 aromatic carbocycles. The number of carbonyl (C=O) groups excluding carboxylic acids is 3. The first-order chi connectivity index (χ1) is 15.8. The molecule has 2 aromatic rings. The maximum absolute atomic E-state index is 13.7. The molecular weight excluding hydrogens is 535 g/mol. The molecule has 0 N–H and O–H groups in total. The number of amides is 3. The van der Waals surface area contributed by atoms with Crippen molar-refractivity contribution < 1.29 is 23.9 Å². The van der Waals surface area contributed by atoms with E-state index in [9.17, 15) is 14.4 Å². The molecule has 174 valence electrons. The van der Waals surface area contributed by atoms with Crippen molar-refractivity contribution in [1.29, 1.82) is 0 Å². The van der Waals surface area contributed by atoms with Gasteiger partial charge in [-0.05, 0) is 49.6 Å². The van der Waals surface area contributed by atoms with Crippen molar-refractivity contribution in [3.63, 3.8) is 0 Å². The summed E-state index contributed by atoms with van der Waals surface area (Å²) in [5.41, 5.74) is 0.281. The van der Waals surface area contributed by atoms with Gasteiger partial charge in [-0.3, -0.25) is 4.79 Å². The Hall–Kier alpha value is -2.29. The van der Waals surface area contributed by atoms with Gasteiger partial charge in [0.05, 0.1) is 22.3 Å². The molecule has 4 rings (SSSR count). The summed E-state index contributed by atoms with van der Waals surface area (Å²) in [6.45, 7) is 2.05. The number of carbonyl (C=O) groups is 3. The molecule has 1 atom stereocenters. The Kier molecular flexibility index (Phi) is 6.88. The lowest BCUT2D eigenvalue weighted by molar-refractivity contribution is -0.145. The van der Waals surface area contributed by atoms with Crippen molar-refractivity contribution in [2.75, 3.05) is 24.7 Å². The van der Waals surface area contributed by atoms with Gasteiger partial charge in [0.15, 0.2) is 12.4 Å². The Morgan fingerprint density at radius 3 is 2.45 bits per heavy atom. The maximum atomic E-state index is 13.7. The van der Waals surface area contributed by atoms with E-state index in [1.165, 1.54) is 12.1 Å². The fourth-order valence-electron chi connectivity index (χ4n) is 4.37. The number of fused-ring (bicyclic) bond motifs is 1. The fraction of sp³-hybridized carbons (Fsp3) is 0.348. The van der Waals surface area contributed by atoms with Gasteiger partial charge in [-0.2, -0.15) is 0 Å². The van der Waals surface area contributed by atoms with Gasteiger partial charge >= 0.3 is 12.0 Å². The summed E-state index contributed by atoms with van der Waals surface area (Å²) in [5.74, 6) is -0.784. The summed E-state index contributed by atoms with van der Waals surface area (Å²) in [4.78, 5) is 41.3. The van der Waals surface area contributed by atoms with Crippen LogP contribution >= 0.6 is 39.1 Å². The minimum atomic E-state index is -0.942. The molecule has 2 heterocycles. The largest absolute Gasteiger partial charge is 0.479 e. The van der Waals surface area contributed by atoms with E-state index in [2.05, 4.69) is 15.9 Å². The average Bonchev–Trinajstić information content (AvgIpc) is 3.27. The van der Waals surface area contributed by atoms with Crippen molar-refractivity contribution in [2.45, 2.75) is 31.7 Å². The summed E-state index contributed by atoms with van der Waals surface area (Å²) < 4.78 is 11.2. The SMILES string of the molecule is CCOC(=O)COc1c(Cl)cc(N2C(=O)N3CCCC3(Cc3ccc(Br)cc3)C2=O)cc1Cl. The Bertz CT molecular complexity index is 1090. The molecule has 0 bridgehead atoms. The number of halogens is 3. The van der Waals surface area contributed by atoms with Crippen LogP contribution in [0.4, 0.5) is 10.5 Å². The first-order valence-corrected chi connectivity index (χ1v) is 12.0. The molecule has 10 heteroatoms. The van der Waals surface area contributed by atoms with Crippen LogP contribution < -0.4 is 9.64 Å². The van der Waals surface area contributed by atoms with E-state index in [1.54, 1.807) is 11.8 Å². The van der Waals surface area contributed by atoms with Crippen LogP contribution in [0.15, 0.2) is 40.9 Å². The van der Waals surface area contributed by atoms with E-state index < -0.39 is 17.5 Å². The second-order valence-electron chi connectivity index (χ2n) is 7.85. The highest BCUT2D eigenvalue weighted by Gasteiger charge is 2.59. The highest BCUT2D eigenvalue weighted by Crippen LogP contribution is 2.44. The molecule has 0 saturated carbocycles. The van der Waals surface area contributed by atoms with Crippen LogP contribution in [-0.2, 0) is 20.7 Å². The van der Waals surface area contributed by atoms with Gasteiger partial charge in [0, 0.05) is 17.4 Å².